The van der Waals surface area contributed by atoms with Crippen LogP contribution in [0.2, 0.25) is 0 Å². The molecule has 2 saturated carbocycles. The van der Waals surface area contributed by atoms with E-state index in [0.29, 0.717) is 12.8 Å². The standard InChI is InChI=1S/C14H22O8S2.2K/c15-7-22-10-3-9(4-11(6-10)23(18)19)12-5-8(14(16)17)1-2-13(12)24(20)21;;/h7-13H,1-6H2,(H,16,17)(H,18,19)(H,20,21);;/q;2*+1/p-2. The molecule has 0 saturated heterocycles. The van der Waals surface area contributed by atoms with Gasteiger partial charge in [0, 0.05) is 10.5 Å². The molecule has 1 N–H and O–H groups in total. The molecular weight excluding hydrogens is 438 g/mol. The van der Waals surface area contributed by atoms with Gasteiger partial charge in [0.2, 0.25) is 0 Å². The number of hydrogen-bond donors (Lipinski definition) is 1. The second-order valence-corrected chi connectivity index (χ2v) is 8.83. The third-order valence-corrected chi connectivity index (χ3v) is 7.22. The van der Waals surface area contributed by atoms with Crippen LogP contribution in [0.1, 0.15) is 38.5 Å². The average molecular weight is 459 g/mol. The van der Waals surface area contributed by atoms with E-state index >= 15 is 0 Å². The Kier molecular flexibility index (Phi) is 15.0. The van der Waals surface area contributed by atoms with Crippen LogP contribution in [0.25, 0.3) is 0 Å². The molecule has 12 heteroatoms. The van der Waals surface area contributed by atoms with Gasteiger partial charge >= 0.3 is 109 Å². The van der Waals surface area contributed by atoms with Crippen molar-refractivity contribution in [2.24, 2.45) is 17.8 Å². The fourth-order valence-electron chi connectivity index (χ4n) is 4.09. The molecule has 0 bridgehead atoms. The van der Waals surface area contributed by atoms with Gasteiger partial charge in [-0.15, -0.1) is 0 Å². The van der Waals surface area contributed by atoms with Crippen molar-refractivity contribution in [1.29, 1.82) is 0 Å². The molecule has 2 fully saturated rings. The van der Waals surface area contributed by atoms with Crippen LogP contribution in [-0.2, 0) is 36.5 Å². The third kappa shape index (κ3) is 7.93. The molecule has 0 aromatic rings. The molecule has 138 valence electrons. The van der Waals surface area contributed by atoms with E-state index in [9.17, 15) is 32.2 Å². The van der Waals surface area contributed by atoms with Crippen LogP contribution in [0.15, 0.2) is 0 Å². The molecule has 2 aliphatic carbocycles. The summed E-state index contributed by atoms with van der Waals surface area (Å²) in [6.07, 6.45) is 0.962. The van der Waals surface area contributed by atoms with Gasteiger partial charge in [0.25, 0.3) is 6.47 Å². The molecule has 0 spiro atoms. The molecule has 0 heterocycles. The summed E-state index contributed by atoms with van der Waals surface area (Å²) in [6, 6.07) is 0. The van der Waals surface area contributed by atoms with Crippen molar-refractivity contribution in [3.8, 4) is 0 Å². The number of aliphatic carboxylic acids is 1. The van der Waals surface area contributed by atoms with Crippen LogP contribution in [0.4, 0.5) is 0 Å². The van der Waals surface area contributed by atoms with Crippen molar-refractivity contribution in [2.75, 3.05) is 0 Å². The molecule has 8 nitrogen and oxygen atoms in total. The van der Waals surface area contributed by atoms with E-state index in [4.69, 9.17) is 4.74 Å². The predicted molar refractivity (Wildman–Crippen MR) is 82.2 cm³/mol. The zero-order chi connectivity index (χ0) is 17.9. The summed E-state index contributed by atoms with van der Waals surface area (Å²) >= 11 is -4.71. The van der Waals surface area contributed by atoms with Gasteiger partial charge in [0.15, 0.2) is 0 Å². The Morgan fingerprint density at radius 1 is 1.04 bits per heavy atom. The summed E-state index contributed by atoms with van der Waals surface area (Å²) in [7, 11) is 0. The van der Waals surface area contributed by atoms with Crippen LogP contribution in [0.3, 0.4) is 0 Å². The van der Waals surface area contributed by atoms with Crippen LogP contribution < -0.4 is 103 Å². The zero-order valence-corrected chi connectivity index (χ0v) is 22.8. The largest absolute Gasteiger partial charge is 1.00 e. The first-order valence-electron chi connectivity index (χ1n) is 7.81. The van der Waals surface area contributed by atoms with Crippen LogP contribution in [0, 0.1) is 17.8 Å². The van der Waals surface area contributed by atoms with Crippen LogP contribution >= 0.6 is 0 Å². The van der Waals surface area contributed by atoms with E-state index in [1.807, 2.05) is 0 Å². The van der Waals surface area contributed by atoms with Crippen molar-refractivity contribution >= 4 is 34.6 Å². The predicted octanol–water partition coefficient (Wildman–Crippen LogP) is -5.67. The van der Waals surface area contributed by atoms with E-state index in [2.05, 4.69) is 0 Å². The SMILES string of the molecule is O=COC1CC(C2CC(C(=O)O)CCC2S(=O)[O-])CC(S(=O)[O-])C1.[K+].[K+]. The molecule has 2 aliphatic rings. The normalized spacial score (nSPS) is 36.5. The molecule has 2 rings (SSSR count). The fourth-order valence-corrected chi connectivity index (χ4v) is 5.81. The number of hydrogen-bond acceptors (Lipinski definition) is 7. The Labute approximate surface area is 242 Å². The molecular formula is C14H20K2O8S2. The minimum absolute atomic E-state index is 0. The third-order valence-electron chi connectivity index (χ3n) is 5.21. The van der Waals surface area contributed by atoms with E-state index in [-0.39, 0.29) is 141 Å². The monoisotopic (exact) mass is 458 g/mol. The van der Waals surface area contributed by atoms with Crippen molar-refractivity contribution in [1.82, 2.24) is 0 Å². The molecule has 8 atom stereocenters. The summed E-state index contributed by atoms with van der Waals surface area (Å²) in [4.78, 5) is 21.9. The van der Waals surface area contributed by atoms with Gasteiger partial charge in [-0.2, -0.15) is 0 Å². The zero-order valence-electron chi connectivity index (χ0n) is 14.9. The first kappa shape index (κ1) is 28.4. The van der Waals surface area contributed by atoms with Crippen molar-refractivity contribution in [2.45, 2.75) is 55.1 Å². The second kappa shape index (κ2) is 13.7. The summed E-state index contributed by atoms with van der Waals surface area (Å²) in [5.41, 5.74) is 0. The molecule has 26 heavy (non-hydrogen) atoms. The van der Waals surface area contributed by atoms with Gasteiger partial charge in [-0.25, -0.2) is 0 Å². The van der Waals surface area contributed by atoms with Gasteiger partial charge in [-0.1, -0.05) is 22.2 Å². The van der Waals surface area contributed by atoms with Gasteiger partial charge < -0.3 is 18.9 Å². The minimum Gasteiger partial charge on any atom is -0.772 e. The van der Waals surface area contributed by atoms with Gasteiger partial charge in [-0.3, -0.25) is 18.0 Å². The topological polar surface area (TPSA) is 144 Å². The quantitative estimate of drug-likeness (QED) is 0.236. The summed E-state index contributed by atoms with van der Waals surface area (Å²) < 4.78 is 50.8. The van der Waals surface area contributed by atoms with E-state index in [1.54, 1.807) is 0 Å². The Bertz CT molecular complexity index is 535. The van der Waals surface area contributed by atoms with Crippen LogP contribution in [-0.4, -0.2) is 51.7 Å². The Balaban J connectivity index is 0.00000312. The molecule has 8 unspecified atom stereocenters. The number of rotatable bonds is 6. The summed E-state index contributed by atoms with van der Waals surface area (Å²) in [5.74, 6) is -2.34. The van der Waals surface area contributed by atoms with Crippen LogP contribution in [0.5, 0.6) is 0 Å². The van der Waals surface area contributed by atoms with E-state index in [1.165, 1.54) is 0 Å². The molecule has 0 radical (unpaired) electrons. The maximum Gasteiger partial charge on any atom is 1.00 e. The molecule has 0 aromatic heterocycles. The summed E-state index contributed by atoms with van der Waals surface area (Å²) in [6.45, 7) is 0.266. The first-order valence-corrected chi connectivity index (χ1v) is 10.1. The Hall–Kier alpha value is 2.43. The maximum absolute atomic E-state index is 11.6. The number of ether oxygens (including phenoxy) is 1. The maximum atomic E-state index is 11.6. The smallest absolute Gasteiger partial charge is 0.772 e. The molecule has 0 amide bonds. The minimum atomic E-state index is -2.36. The number of carboxylic acids is 1. The number of carbonyl (C=O) groups is 2. The molecule has 0 aliphatic heterocycles. The average Bonchev–Trinajstić information content (AvgIpc) is 2.54. The van der Waals surface area contributed by atoms with Crippen molar-refractivity contribution < 1.29 is 140 Å². The summed E-state index contributed by atoms with van der Waals surface area (Å²) in [5, 5.41) is 7.82. The fraction of sp³-hybridized carbons (Fsp3) is 0.857. The first-order chi connectivity index (χ1) is 11.3. The van der Waals surface area contributed by atoms with Crippen molar-refractivity contribution in [3.63, 3.8) is 0 Å². The van der Waals surface area contributed by atoms with Gasteiger partial charge in [-0.05, 0) is 50.4 Å². The van der Waals surface area contributed by atoms with Gasteiger partial charge in [0.05, 0.1) is 5.92 Å². The van der Waals surface area contributed by atoms with E-state index in [0.717, 1.165) is 0 Å². The molecule has 0 aromatic carbocycles. The Morgan fingerprint density at radius 2 is 1.69 bits per heavy atom. The number of carbonyl (C=O) groups excluding carboxylic acids is 1. The number of carboxylic acid groups (broad SMARTS) is 1. The second-order valence-electron chi connectivity index (χ2n) is 6.52. The van der Waals surface area contributed by atoms with Crippen molar-refractivity contribution in [3.05, 3.63) is 0 Å². The van der Waals surface area contributed by atoms with E-state index < -0.39 is 56.6 Å². The van der Waals surface area contributed by atoms with Gasteiger partial charge in [0.1, 0.15) is 6.10 Å². The Morgan fingerprint density at radius 3 is 2.19 bits per heavy atom.